The molecule has 5 nitrogen and oxygen atoms in total. The zero-order valence-corrected chi connectivity index (χ0v) is 15.5. The number of anilines is 1. The first-order valence-corrected chi connectivity index (χ1v) is 8.78. The Labute approximate surface area is 149 Å². The maximum atomic E-state index is 5.17. The Bertz CT molecular complexity index is 870. The Kier molecular flexibility index (Phi) is 5.34. The van der Waals surface area contributed by atoms with Gasteiger partial charge < -0.3 is 10.1 Å². The van der Waals surface area contributed by atoms with E-state index in [1.54, 1.807) is 7.11 Å². The minimum Gasteiger partial charge on any atom is -0.383 e. The standard InChI is InChI=1S/C20H26N4O/c1-5-16-12-20(17-8-6-7-9-19(17)22-16)21-13-18-14(2)23-24(15(18)3)10-11-25-4/h6-9,12H,5,10-11,13H2,1-4H3,(H,21,22). The van der Waals surface area contributed by atoms with E-state index in [1.807, 2.05) is 10.7 Å². The second kappa shape index (κ2) is 7.66. The number of fused-ring (bicyclic) bond motifs is 1. The highest BCUT2D eigenvalue weighted by molar-refractivity contribution is 5.91. The van der Waals surface area contributed by atoms with Crippen molar-refractivity contribution in [3.8, 4) is 0 Å². The van der Waals surface area contributed by atoms with Crippen LogP contribution in [0.5, 0.6) is 0 Å². The summed E-state index contributed by atoms with van der Waals surface area (Å²) in [6.45, 7) is 8.52. The van der Waals surface area contributed by atoms with E-state index < -0.39 is 0 Å². The summed E-state index contributed by atoms with van der Waals surface area (Å²) in [5, 5.41) is 9.40. The fourth-order valence-electron chi connectivity index (χ4n) is 3.13. The number of aromatic nitrogens is 3. The average Bonchev–Trinajstić information content (AvgIpc) is 2.90. The molecule has 0 aliphatic rings. The zero-order chi connectivity index (χ0) is 17.8. The molecule has 1 N–H and O–H groups in total. The van der Waals surface area contributed by atoms with Crippen LogP contribution < -0.4 is 5.32 Å². The minimum atomic E-state index is 0.670. The lowest BCUT2D eigenvalue weighted by Gasteiger charge is -2.12. The van der Waals surface area contributed by atoms with Crippen molar-refractivity contribution in [1.82, 2.24) is 14.8 Å². The van der Waals surface area contributed by atoms with Crippen molar-refractivity contribution in [1.29, 1.82) is 0 Å². The first kappa shape index (κ1) is 17.4. The number of benzene rings is 1. The molecule has 0 bridgehead atoms. The van der Waals surface area contributed by atoms with Crippen LogP contribution in [0, 0.1) is 13.8 Å². The van der Waals surface area contributed by atoms with Crippen molar-refractivity contribution in [2.24, 2.45) is 0 Å². The second-order valence-electron chi connectivity index (χ2n) is 6.25. The molecule has 0 spiro atoms. The molecule has 0 radical (unpaired) electrons. The van der Waals surface area contributed by atoms with E-state index in [2.05, 4.69) is 55.5 Å². The van der Waals surface area contributed by atoms with Gasteiger partial charge in [0.1, 0.15) is 0 Å². The molecular formula is C20H26N4O. The highest BCUT2D eigenvalue weighted by atomic mass is 16.5. The van der Waals surface area contributed by atoms with Crippen LogP contribution in [0.1, 0.15) is 29.6 Å². The normalized spacial score (nSPS) is 11.2. The molecule has 0 amide bonds. The SMILES string of the molecule is CCc1cc(NCc2c(C)nn(CCOC)c2C)c2ccccc2n1. The smallest absolute Gasteiger partial charge is 0.0726 e. The molecule has 132 valence electrons. The summed E-state index contributed by atoms with van der Waals surface area (Å²) in [6.07, 6.45) is 0.923. The maximum absolute atomic E-state index is 5.17. The number of aryl methyl sites for hydroxylation is 2. The number of para-hydroxylation sites is 1. The van der Waals surface area contributed by atoms with E-state index in [0.717, 1.165) is 47.5 Å². The second-order valence-corrected chi connectivity index (χ2v) is 6.25. The predicted octanol–water partition coefficient (Wildman–Crippen LogP) is 3.87. The number of hydrogen-bond donors (Lipinski definition) is 1. The Morgan fingerprint density at radius 1 is 1.20 bits per heavy atom. The highest BCUT2D eigenvalue weighted by Gasteiger charge is 2.12. The molecule has 2 heterocycles. The van der Waals surface area contributed by atoms with Gasteiger partial charge in [-0.1, -0.05) is 25.1 Å². The third-order valence-corrected chi connectivity index (χ3v) is 4.63. The summed E-state index contributed by atoms with van der Waals surface area (Å²) < 4.78 is 7.20. The lowest BCUT2D eigenvalue weighted by atomic mass is 10.1. The molecule has 0 fully saturated rings. The van der Waals surface area contributed by atoms with Gasteiger partial charge >= 0.3 is 0 Å². The minimum absolute atomic E-state index is 0.670. The number of methoxy groups -OCH3 is 1. The van der Waals surface area contributed by atoms with Gasteiger partial charge in [-0.15, -0.1) is 0 Å². The largest absolute Gasteiger partial charge is 0.383 e. The molecule has 2 aromatic heterocycles. The number of nitrogens with one attached hydrogen (secondary N) is 1. The molecule has 3 rings (SSSR count). The maximum Gasteiger partial charge on any atom is 0.0726 e. The van der Waals surface area contributed by atoms with Gasteiger partial charge in [0.15, 0.2) is 0 Å². The molecular weight excluding hydrogens is 312 g/mol. The predicted molar refractivity (Wildman–Crippen MR) is 102 cm³/mol. The molecule has 0 aliphatic heterocycles. The monoisotopic (exact) mass is 338 g/mol. The van der Waals surface area contributed by atoms with Crippen LogP contribution >= 0.6 is 0 Å². The molecule has 25 heavy (non-hydrogen) atoms. The molecule has 0 unspecified atom stereocenters. The van der Waals surface area contributed by atoms with Gasteiger partial charge in [0.25, 0.3) is 0 Å². The van der Waals surface area contributed by atoms with Gasteiger partial charge in [-0.2, -0.15) is 5.10 Å². The number of rotatable bonds is 7. The fourth-order valence-corrected chi connectivity index (χ4v) is 3.13. The third kappa shape index (κ3) is 3.66. The van der Waals surface area contributed by atoms with E-state index in [1.165, 1.54) is 11.3 Å². The van der Waals surface area contributed by atoms with Crippen molar-refractivity contribution in [3.05, 3.63) is 53.0 Å². The van der Waals surface area contributed by atoms with E-state index in [0.29, 0.717) is 6.61 Å². The molecule has 0 saturated carbocycles. The van der Waals surface area contributed by atoms with Crippen molar-refractivity contribution >= 4 is 16.6 Å². The van der Waals surface area contributed by atoms with E-state index in [4.69, 9.17) is 9.72 Å². The summed E-state index contributed by atoms with van der Waals surface area (Å²) >= 11 is 0. The number of ether oxygens (including phenoxy) is 1. The van der Waals surface area contributed by atoms with Gasteiger partial charge in [-0.3, -0.25) is 9.67 Å². The first-order chi connectivity index (χ1) is 12.1. The number of hydrogen-bond acceptors (Lipinski definition) is 4. The summed E-state index contributed by atoms with van der Waals surface area (Å²) in [5.41, 5.74) is 6.77. The van der Waals surface area contributed by atoms with Crippen LogP contribution in [0.15, 0.2) is 30.3 Å². The van der Waals surface area contributed by atoms with E-state index in [9.17, 15) is 0 Å². The van der Waals surface area contributed by atoms with Crippen LogP contribution in [-0.2, 0) is 24.2 Å². The van der Waals surface area contributed by atoms with Crippen LogP contribution in [0.4, 0.5) is 5.69 Å². The van der Waals surface area contributed by atoms with Crippen molar-refractivity contribution in [3.63, 3.8) is 0 Å². The van der Waals surface area contributed by atoms with Gasteiger partial charge in [0.2, 0.25) is 0 Å². The molecule has 0 aliphatic carbocycles. The van der Waals surface area contributed by atoms with E-state index in [-0.39, 0.29) is 0 Å². The van der Waals surface area contributed by atoms with Crippen molar-refractivity contribution in [2.45, 2.75) is 40.3 Å². The quantitative estimate of drug-likeness (QED) is 0.710. The number of nitrogens with zero attached hydrogens (tertiary/aromatic N) is 3. The van der Waals surface area contributed by atoms with Gasteiger partial charge in [0, 0.05) is 41.7 Å². The molecule has 3 aromatic rings. The van der Waals surface area contributed by atoms with E-state index >= 15 is 0 Å². The lowest BCUT2D eigenvalue weighted by molar-refractivity contribution is 0.182. The van der Waals surface area contributed by atoms with Gasteiger partial charge in [-0.25, -0.2) is 0 Å². The molecule has 0 saturated heterocycles. The number of pyridine rings is 1. The Balaban J connectivity index is 1.87. The topological polar surface area (TPSA) is 52.0 Å². The first-order valence-electron chi connectivity index (χ1n) is 8.78. The van der Waals surface area contributed by atoms with Crippen molar-refractivity contribution in [2.75, 3.05) is 19.0 Å². The van der Waals surface area contributed by atoms with Crippen LogP contribution in [-0.4, -0.2) is 28.5 Å². The summed E-state index contributed by atoms with van der Waals surface area (Å²) in [7, 11) is 1.72. The van der Waals surface area contributed by atoms with Gasteiger partial charge in [0.05, 0.1) is 24.4 Å². The zero-order valence-electron chi connectivity index (χ0n) is 15.5. The average molecular weight is 338 g/mol. The summed E-state index contributed by atoms with van der Waals surface area (Å²) in [4.78, 5) is 4.71. The molecule has 1 aromatic carbocycles. The van der Waals surface area contributed by atoms with Crippen LogP contribution in [0.3, 0.4) is 0 Å². The molecule has 5 heteroatoms. The molecule has 0 atom stereocenters. The Morgan fingerprint density at radius 2 is 2.00 bits per heavy atom. The van der Waals surface area contributed by atoms with Gasteiger partial charge in [-0.05, 0) is 32.4 Å². The summed E-state index contributed by atoms with van der Waals surface area (Å²) in [6, 6.07) is 10.4. The summed E-state index contributed by atoms with van der Waals surface area (Å²) in [5.74, 6) is 0. The van der Waals surface area contributed by atoms with Crippen LogP contribution in [0.2, 0.25) is 0 Å². The van der Waals surface area contributed by atoms with Crippen LogP contribution in [0.25, 0.3) is 10.9 Å². The Morgan fingerprint density at radius 3 is 2.76 bits per heavy atom. The Hall–Kier alpha value is -2.40. The van der Waals surface area contributed by atoms with Crippen molar-refractivity contribution < 1.29 is 4.74 Å². The fraction of sp³-hybridized carbons (Fsp3) is 0.400. The lowest BCUT2D eigenvalue weighted by Crippen LogP contribution is -2.08. The third-order valence-electron chi connectivity index (χ3n) is 4.63. The highest BCUT2D eigenvalue weighted by Crippen LogP contribution is 2.25.